The Bertz CT molecular complexity index is 612. The van der Waals surface area contributed by atoms with Crippen LogP contribution in [-0.2, 0) is 6.42 Å². The average Bonchev–Trinajstić information content (AvgIpc) is 2.88. The summed E-state index contributed by atoms with van der Waals surface area (Å²) in [6, 6.07) is 3.83. The third-order valence-corrected chi connectivity index (χ3v) is 3.30. The van der Waals surface area contributed by atoms with Crippen LogP contribution >= 0.6 is 11.3 Å². The molecule has 6 heteroatoms. The molecule has 0 aliphatic rings. The zero-order valence-electron chi connectivity index (χ0n) is 8.66. The van der Waals surface area contributed by atoms with Gasteiger partial charge in [-0.15, -0.1) is 10.2 Å². The van der Waals surface area contributed by atoms with Crippen molar-refractivity contribution in [3.8, 4) is 11.4 Å². The van der Waals surface area contributed by atoms with Gasteiger partial charge >= 0.3 is 0 Å². The van der Waals surface area contributed by atoms with Gasteiger partial charge in [-0.2, -0.15) is 9.61 Å². The van der Waals surface area contributed by atoms with Crippen LogP contribution in [0, 0.1) is 0 Å². The molecule has 16 heavy (non-hydrogen) atoms. The molecule has 0 saturated heterocycles. The lowest BCUT2D eigenvalue weighted by Gasteiger charge is -1.94. The fraction of sp³-hybridized carbons (Fsp3) is 0.200. The van der Waals surface area contributed by atoms with E-state index in [1.165, 1.54) is 0 Å². The first-order chi connectivity index (χ1) is 7.88. The van der Waals surface area contributed by atoms with E-state index in [9.17, 15) is 0 Å². The van der Waals surface area contributed by atoms with Crippen LogP contribution in [0.1, 0.15) is 11.9 Å². The van der Waals surface area contributed by atoms with E-state index in [4.69, 9.17) is 0 Å². The highest BCUT2D eigenvalue weighted by Gasteiger charge is 2.12. The number of pyridine rings is 1. The quantitative estimate of drug-likeness (QED) is 0.675. The van der Waals surface area contributed by atoms with Gasteiger partial charge in [-0.1, -0.05) is 18.3 Å². The molecule has 80 valence electrons. The van der Waals surface area contributed by atoms with E-state index in [2.05, 4.69) is 27.2 Å². The molecule has 0 aliphatic heterocycles. The van der Waals surface area contributed by atoms with Crippen LogP contribution in [0.5, 0.6) is 0 Å². The van der Waals surface area contributed by atoms with Gasteiger partial charge < -0.3 is 0 Å². The molecule has 3 heterocycles. The number of rotatable bonds is 2. The van der Waals surface area contributed by atoms with E-state index < -0.39 is 0 Å². The predicted molar refractivity (Wildman–Crippen MR) is 61.3 cm³/mol. The van der Waals surface area contributed by atoms with Crippen LogP contribution < -0.4 is 0 Å². The lowest BCUT2D eigenvalue weighted by molar-refractivity contribution is 0.906. The van der Waals surface area contributed by atoms with Gasteiger partial charge in [-0.25, -0.2) is 0 Å². The molecule has 0 aromatic carbocycles. The molecule has 3 rings (SSSR count). The lowest BCUT2D eigenvalue weighted by Crippen LogP contribution is -1.91. The Morgan fingerprint density at radius 1 is 1.38 bits per heavy atom. The highest BCUT2D eigenvalue weighted by molar-refractivity contribution is 7.16. The summed E-state index contributed by atoms with van der Waals surface area (Å²) in [7, 11) is 0. The topological polar surface area (TPSA) is 56.0 Å². The Morgan fingerprint density at radius 3 is 3.06 bits per heavy atom. The molecular weight excluding hydrogens is 222 g/mol. The highest BCUT2D eigenvalue weighted by Crippen LogP contribution is 2.20. The fourth-order valence-electron chi connectivity index (χ4n) is 1.47. The third-order valence-electron chi connectivity index (χ3n) is 2.25. The van der Waals surface area contributed by atoms with E-state index in [0.717, 1.165) is 27.8 Å². The first-order valence-corrected chi connectivity index (χ1v) is 5.81. The molecule has 0 amide bonds. The number of fused-ring (bicyclic) bond motifs is 1. The molecule has 0 saturated carbocycles. The molecule has 0 unspecified atom stereocenters. The number of aryl methyl sites for hydroxylation is 1. The Hall–Kier alpha value is -1.82. The number of aromatic nitrogens is 5. The van der Waals surface area contributed by atoms with Gasteiger partial charge in [0.2, 0.25) is 4.96 Å². The SMILES string of the molecule is CCc1nn2c(-c3cccnc3)nnc2s1. The lowest BCUT2D eigenvalue weighted by atomic mass is 10.3. The maximum atomic E-state index is 4.45. The van der Waals surface area contributed by atoms with Crippen LogP contribution in [0.3, 0.4) is 0 Å². The predicted octanol–water partition coefficient (Wildman–Crippen LogP) is 1.81. The van der Waals surface area contributed by atoms with E-state index in [1.807, 2.05) is 12.1 Å². The normalized spacial score (nSPS) is 11.1. The molecule has 0 N–H and O–H groups in total. The average molecular weight is 231 g/mol. The molecule has 0 atom stereocenters. The Balaban J connectivity index is 2.20. The summed E-state index contributed by atoms with van der Waals surface area (Å²) in [5.41, 5.74) is 0.933. The summed E-state index contributed by atoms with van der Waals surface area (Å²) in [6.07, 6.45) is 4.42. The minimum atomic E-state index is 0.749. The monoisotopic (exact) mass is 231 g/mol. The van der Waals surface area contributed by atoms with Crippen molar-refractivity contribution in [1.82, 2.24) is 24.8 Å². The smallest absolute Gasteiger partial charge is 0.234 e. The summed E-state index contributed by atoms with van der Waals surface area (Å²) in [5.74, 6) is 0.749. The standard InChI is InChI=1S/C10H9N5S/c1-2-8-14-15-9(12-13-10(15)16-8)7-4-3-5-11-6-7/h3-6H,2H2,1H3. The molecule has 5 nitrogen and oxygen atoms in total. The van der Waals surface area contributed by atoms with Crippen LogP contribution in [0.25, 0.3) is 16.3 Å². The van der Waals surface area contributed by atoms with Gasteiger partial charge in [0, 0.05) is 18.0 Å². The molecule has 0 fully saturated rings. The second kappa shape index (κ2) is 3.64. The summed E-state index contributed by atoms with van der Waals surface area (Å²) >= 11 is 1.57. The van der Waals surface area contributed by atoms with E-state index in [1.54, 1.807) is 28.2 Å². The molecule has 3 aromatic rings. The number of hydrogen-bond acceptors (Lipinski definition) is 5. The summed E-state index contributed by atoms with van der Waals surface area (Å²) in [5, 5.41) is 13.7. The van der Waals surface area contributed by atoms with Gasteiger partial charge in [-0.05, 0) is 18.6 Å². The van der Waals surface area contributed by atoms with Crippen LogP contribution in [0.15, 0.2) is 24.5 Å². The van der Waals surface area contributed by atoms with Gasteiger partial charge in [0.1, 0.15) is 5.01 Å². The molecule has 3 aromatic heterocycles. The van der Waals surface area contributed by atoms with Crippen molar-refractivity contribution in [2.24, 2.45) is 0 Å². The molecular formula is C10H9N5S. The largest absolute Gasteiger partial charge is 0.264 e. The van der Waals surface area contributed by atoms with Gasteiger partial charge in [0.25, 0.3) is 0 Å². The van der Waals surface area contributed by atoms with Gasteiger partial charge in [0.05, 0.1) is 0 Å². The second-order valence-corrected chi connectivity index (χ2v) is 4.35. The molecule has 0 spiro atoms. The van der Waals surface area contributed by atoms with Crippen molar-refractivity contribution >= 4 is 16.3 Å². The summed E-state index contributed by atoms with van der Waals surface area (Å²) in [6.45, 7) is 2.08. The zero-order valence-corrected chi connectivity index (χ0v) is 9.48. The van der Waals surface area contributed by atoms with E-state index in [0.29, 0.717) is 0 Å². The number of nitrogens with zero attached hydrogens (tertiary/aromatic N) is 5. The minimum absolute atomic E-state index is 0.749. The Labute approximate surface area is 95.8 Å². The van der Waals surface area contributed by atoms with Crippen LogP contribution in [-0.4, -0.2) is 24.8 Å². The van der Waals surface area contributed by atoms with E-state index in [-0.39, 0.29) is 0 Å². The van der Waals surface area contributed by atoms with Crippen molar-refractivity contribution in [3.05, 3.63) is 29.5 Å². The second-order valence-electron chi connectivity index (χ2n) is 3.31. The van der Waals surface area contributed by atoms with Gasteiger partial charge in [0.15, 0.2) is 5.82 Å². The van der Waals surface area contributed by atoms with Crippen LogP contribution in [0.2, 0.25) is 0 Å². The van der Waals surface area contributed by atoms with Crippen molar-refractivity contribution in [1.29, 1.82) is 0 Å². The summed E-state index contributed by atoms with van der Waals surface area (Å²) in [4.78, 5) is 4.90. The molecule has 0 radical (unpaired) electrons. The first kappa shape index (κ1) is 9.41. The maximum absolute atomic E-state index is 4.45. The summed E-state index contributed by atoms with van der Waals surface area (Å²) < 4.78 is 1.78. The fourth-order valence-corrected chi connectivity index (χ4v) is 2.25. The number of hydrogen-bond donors (Lipinski definition) is 0. The van der Waals surface area contributed by atoms with Gasteiger partial charge in [-0.3, -0.25) is 4.98 Å². The molecule has 0 bridgehead atoms. The minimum Gasteiger partial charge on any atom is -0.264 e. The Kier molecular flexibility index (Phi) is 2.14. The van der Waals surface area contributed by atoms with Crippen LogP contribution in [0.4, 0.5) is 0 Å². The zero-order chi connectivity index (χ0) is 11.0. The van der Waals surface area contributed by atoms with Crippen molar-refractivity contribution < 1.29 is 0 Å². The Morgan fingerprint density at radius 2 is 2.31 bits per heavy atom. The highest BCUT2D eigenvalue weighted by atomic mass is 32.1. The first-order valence-electron chi connectivity index (χ1n) is 5.00. The van der Waals surface area contributed by atoms with Crippen molar-refractivity contribution in [2.75, 3.05) is 0 Å². The third kappa shape index (κ3) is 1.38. The van der Waals surface area contributed by atoms with Crippen molar-refractivity contribution in [2.45, 2.75) is 13.3 Å². The van der Waals surface area contributed by atoms with Crippen molar-refractivity contribution in [3.63, 3.8) is 0 Å². The van der Waals surface area contributed by atoms with E-state index >= 15 is 0 Å². The maximum Gasteiger partial charge on any atom is 0.234 e. The molecule has 0 aliphatic carbocycles.